The van der Waals surface area contributed by atoms with Crippen molar-refractivity contribution >= 4 is 11.9 Å². The second-order valence-electron chi connectivity index (χ2n) is 20.8. The molecule has 1 aliphatic heterocycles. The number of hydrogen-bond acceptors (Lipinski definition) is 10. The summed E-state index contributed by atoms with van der Waals surface area (Å²) in [5.74, 6) is -1.24. The lowest BCUT2D eigenvalue weighted by Crippen LogP contribution is -2.61. The highest BCUT2D eigenvalue weighted by Crippen LogP contribution is 2.26. The second kappa shape index (κ2) is 53.7. The molecule has 8 unspecified atom stereocenters. The molecule has 0 radical (unpaired) electrons. The zero-order valence-corrected chi connectivity index (χ0v) is 49.0. The van der Waals surface area contributed by atoms with Crippen molar-refractivity contribution in [2.75, 3.05) is 13.2 Å². The molecular formula is C67H111NO10. The Labute approximate surface area is 474 Å². The molecule has 0 aromatic heterocycles. The minimum Gasteiger partial charge on any atom is -0.454 e. The zero-order valence-electron chi connectivity index (χ0n) is 49.0. The molecule has 0 aliphatic carbocycles. The fourth-order valence-corrected chi connectivity index (χ4v) is 8.86. The van der Waals surface area contributed by atoms with Crippen LogP contribution in [0.2, 0.25) is 0 Å². The molecule has 78 heavy (non-hydrogen) atoms. The average Bonchev–Trinajstić information content (AvgIpc) is 3.45. The van der Waals surface area contributed by atoms with Crippen molar-refractivity contribution in [2.45, 2.75) is 275 Å². The molecule has 6 N–H and O–H groups in total. The molecule has 0 saturated carbocycles. The monoisotopic (exact) mass is 1090 g/mol. The number of rotatable bonds is 50. The van der Waals surface area contributed by atoms with Crippen LogP contribution in [-0.2, 0) is 23.8 Å². The molecule has 1 heterocycles. The Morgan fingerprint density at radius 2 is 0.987 bits per heavy atom. The van der Waals surface area contributed by atoms with Gasteiger partial charge in [-0.15, -0.1) is 0 Å². The number of allylic oxidation sites excluding steroid dienone is 19. The molecule has 1 rings (SSSR count). The van der Waals surface area contributed by atoms with Gasteiger partial charge in [0.1, 0.15) is 24.4 Å². The van der Waals surface area contributed by atoms with Crippen LogP contribution in [0.15, 0.2) is 122 Å². The summed E-state index contributed by atoms with van der Waals surface area (Å²) in [4.78, 5) is 26.5. The molecule has 1 aliphatic rings. The van der Waals surface area contributed by atoms with Crippen molar-refractivity contribution in [3.63, 3.8) is 0 Å². The van der Waals surface area contributed by atoms with Crippen LogP contribution in [-0.4, -0.2) is 99.6 Å². The van der Waals surface area contributed by atoms with Gasteiger partial charge < -0.3 is 45.1 Å². The standard InChI is InChI=1S/C67H111NO10/c1-4-7-10-13-16-19-22-25-27-28-29-30-31-32-33-34-35-37-40-43-46-49-52-55-62(72)78-65-64(74)63(73)61(56-69)77-67(65)76-57-58(59(70)53-50-47-44-41-38-24-21-18-15-12-9-6-3)68-66(75)60(71)54-51-48-45-42-39-36-26-23-20-17-14-11-8-5-2/h7-8,10-11,14,16-17,19-20,23,25-27,29-30,32-33,36,50,53,58-61,63-65,67,69-71,73-74H,4-6,9,12-13,15,18,21-22,24,28,31,34-35,37-49,51-52,54-57H2,1-3H3,(H,68,75)/b10-7-,11-8+,17-14+,19-16-,23-20+,27-25-,30-29-,33-32-,36-26-,53-50+. The van der Waals surface area contributed by atoms with Gasteiger partial charge in [-0.1, -0.05) is 251 Å². The third-order valence-electron chi connectivity index (χ3n) is 13.7. The Hall–Kier alpha value is -3.94. The smallest absolute Gasteiger partial charge is 0.306 e. The number of carbonyl (C=O) groups excluding carboxylic acids is 2. The summed E-state index contributed by atoms with van der Waals surface area (Å²) < 4.78 is 17.6. The van der Waals surface area contributed by atoms with E-state index >= 15 is 0 Å². The molecule has 1 saturated heterocycles. The lowest BCUT2D eigenvalue weighted by Gasteiger charge is -2.41. The Balaban J connectivity index is 2.68. The van der Waals surface area contributed by atoms with Gasteiger partial charge in [-0.3, -0.25) is 9.59 Å². The first-order valence-corrected chi connectivity index (χ1v) is 30.9. The molecule has 11 heteroatoms. The fourth-order valence-electron chi connectivity index (χ4n) is 8.86. The summed E-state index contributed by atoms with van der Waals surface area (Å²) in [6.07, 6.45) is 63.7. The van der Waals surface area contributed by atoms with Gasteiger partial charge in [0, 0.05) is 6.42 Å². The van der Waals surface area contributed by atoms with Gasteiger partial charge in [0.15, 0.2) is 12.4 Å². The van der Waals surface area contributed by atoms with Crippen LogP contribution < -0.4 is 5.32 Å². The number of esters is 1. The number of nitrogens with one attached hydrogen (secondary N) is 1. The van der Waals surface area contributed by atoms with Crippen molar-refractivity contribution in [1.29, 1.82) is 0 Å². The second-order valence-corrected chi connectivity index (χ2v) is 20.8. The van der Waals surface area contributed by atoms with E-state index in [1.807, 2.05) is 42.5 Å². The van der Waals surface area contributed by atoms with Gasteiger partial charge in [-0.2, -0.15) is 0 Å². The van der Waals surface area contributed by atoms with Crippen molar-refractivity contribution in [1.82, 2.24) is 5.32 Å². The average molecular weight is 1090 g/mol. The Bertz CT molecular complexity index is 1730. The van der Waals surface area contributed by atoms with Crippen LogP contribution in [0, 0.1) is 0 Å². The van der Waals surface area contributed by atoms with Gasteiger partial charge in [0.2, 0.25) is 5.91 Å². The zero-order chi connectivity index (χ0) is 56.8. The highest BCUT2D eigenvalue weighted by Gasteiger charge is 2.47. The van der Waals surface area contributed by atoms with Crippen LogP contribution in [0.5, 0.6) is 0 Å². The van der Waals surface area contributed by atoms with Crippen LogP contribution in [0.4, 0.5) is 0 Å². The summed E-state index contributed by atoms with van der Waals surface area (Å²) in [7, 11) is 0. The molecule has 0 aromatic rings. The van der Waals surface area contributed by atoms with Gasteiger partial charge in [0.05, 0.1) is 25.4 Å². The predicted octanol–water partition coefficient (Wildman–Crippen LogP) is 14.7. The number of aliphatic hydroxyl groups is 5. The van der Waals surface area contributed by atoms with Crippen molar-refractivity contribution < 1.29 is 49.3 Å². The number of aliphatic hydroxyl groups excluding tert-OH is 5. The number of amides is 1. The summed E-state index contributed by atoms with van der Waals surface area (Å²) in [5, 5.41) is 56.9. The Morgan fingerprint density at radius 1 is 0.526 bits per heavy atom. The number of hydrogen-bond donors (Lipinski definition) is 6. The van der Waals surface area contributed by atoms with E-state index in [1.165, 1.54) is 44.9 Å². The minimum absolute atomic E-state index is 0.100. The van der Waals surface area contributed by atoms with E-state index in [-0.39, 0.29) is 19.4 Å². The van der Waals surface area contributed by atoms with Gasteiger partial charge in [-0.05, 0) is 89.9 Å². The van der Waals surface area contributed by atoms with E-state index < -0.39 is 67.4 Å². The highest BCUT2D eigenvalue weighted by atomic mass is 16.7. The molecule has 1 fully saturated rings. The summed E-state index contributed by atoms with van der Waals surface area (Å²) in [5.41, 5.74) is 0. The van der Waals surface area contributed by atoms with Crippen molar-refractivity contribution in [2.24, 2.45) is 0 Å². The SMILES string of the molecule is CC/C=C\C/C=C\C/C=C\C/C=C\C/C=C\CCCCCCCCCC(=O)OC1C(OCC(NC(=O)C(O)CCCCCC\C=C/C=C/C=C/C=C/CC)C(O)/C=C/CCCCCCCCCCCC)OC(CO)C(O)C1O. The first kappa shape index (κ1) is 72.1. The Kier molecular flexibility index (Phi) is 49.6. The number of ether oxygens (including phenoxy) is 3. The largest absolute Gasteiger partial charge is 0.454 e. The van der Waals surface area contributed by atoms with Gasteiger partial charge in [0.25, 0.3) is 0 Å². The van der Waals surface area contributed by atoms with Crippen molar-refractivity contribution in [3.05, 3.63) is 122 Å². The fraction of sp³-hybridized carbons (Fsp3) is 0.672. The highest BCUT2D eigenvalue weighted by molar-refractivity contribution is 5.80. The van der Waals surface area contributed by atoms with E-state index in [0.29, 0.717) is 12.8 Å². The number of unbranched alkanes of at least 4 members (excludes halogenated alkanes) is 21. The van der Waals surface area contributed by atoms with E-state index in [0.717, 1.165) is 135 Å². The van der Waals surface area contributed by atoms with E-state index in [4.69, 9.17) is 14.2 Å². The van der Waals surface area contributed by atoms with Crippen LogP contribution in [0.3, 0.4) is 0 Å². The molecule has 0 aromatic carbocycles. The first-order chi connectivity index (χ1) is 38.2. The molecule has 0 bridgehead atoms. The van der Waals surface area contributed by atoms with Crippen LogP contribution >= 0.6 is 0 Å². The topological polar surface area (TPSA) is 175 Å². The van der Waals surface area contributed by atoms with E-state index in [9.17, 15) is 35.1 Å². The first-order valence-electron chi connectivity index (χ1n) is 30.9. The molecule has 0 spiro atoms. The molecule has 8 atom stereocenters. The van der Waals surface area contributed by atoms with Gasteiger partial charge >= 0.3 is 5.97 Å². The number of carbonyl (C=O) groups is 2. The maximum absolute atomic E-state index is 13.4. The summed E-state index contributed by atoms with van der Waals surface area (Å²) in [6.45, 7) is 5.50. The van der Waals surface area contributed by atoms with Crippen molar-refractivity contribution in [3.8, 4) is 0 Å². The molecule has 11 nitrogen and oxygen atoms in total. The third-order valence-corrected chi connectivity index (χ3v) is 13.7. The maximum Gasteiger partial charge on any atom is 0.306 e. The molecule has 444 valence electrons. The van der Waals surface area contributed by atoms with Crippen LogP contribution in [0.25, 0.3) is 0 Å². The van der Waals surface area contributed by atoms with Gasteiger partial charge in [-0.25, -0.2) is 0 Å². The summed E-state index contributed by atoms with van der Waals surface area (Å²) in [6, 6.07) is -1.05. The third kappa shape index (κ3) is 41.1. The quantitative estimate of drug-likeness (QED) is 0.0149. The Morgan fingerprint density at radius 3 is 1.54 bits per heavy atom. The molecular weight excluding hydrogens is 979 g/mol. The van der Waals surface area contributed by atoms with E-state index in [2.05, 4.69) is 99.0 Å². The lowest BCUT2D eigenvalue weighted by atomic mass is 9.99. The normalized spacial score (nSPS) is 19.8. The van der Waals surface area contributed by atoms with E-state index in [1.54, 1.807) is 6.08 Å². The lowest BCUT2D eigenvalue weighted by molar-refractivity contribution is -0.305. The predicted molar refractivity (Wildman–Crippen MR) is 324 cm³/mol. The minimum atomic E-state index is -1.63. The summed E-state index contributed by atoms with van der Waals surface area (Å²) >= 11 is 0. The molecule has 1 amide bonds. The van der Waals surface area contributed by atoms with Crippen LogP contribution in [0.1, 0.15) is 226 Å². The maximum atomic E-state index is 13.4.